The van der Waals surface area contributed by atoms with Crippen LogP contribution in [-0.4, -0.2) is 30.3 Å². The molecule has 0 saturated carbocycles. The third-order valence-corrected chi connectivity index (χ3v) is 3.14. The Labute approximate surface area is 122 Å². The van der Waals surface area contributed by atoms with Crippen LogP contribution >= 0.6 is 11.6 Å². The molecule has 0 heterocycles. The lowest BCUT2D eigenvalue weighted by atomic mass is 10.0. The minimum Gasteiger partial charge on any atom is -0.484 e. The van der Waals surface area contributed by atoms with Crippen molar-refractivity contribution in [1.29, 1.82) is 0 Å². The lowest BCUT2D eigenvalue weighted by Gasteiger charge is -2.21. The topological polar surface area (TPSA) is 58.6 Å². The Morgan fingerprint density at radius 1 is 1.50 bits per heavy atom. The summed E-state index contributed by atoms with van der Waals surface area (Å²) < 4.78 is 18.2. The molecule has 0 aromatic heterocycles. The summed E-state index contributed by atoms with van der Waals surface area (Å²) in [6.45, 7) is 3.75. The van der Waals surface area contributed by atoms with E-state index in [9.17, 15) is 9.18 Å². The number of carbonyl (C=O) groups excluding carboxylic acids is 1. The summed E-state index contributed by atoms with van der Waals surface area (Å²) in [5.74, 6) is -0.287. The number of hydrogen-bond acceptors (Lipinski definition) is 3. The summed E-state index contributed by atoms with van der Waals surface area (Å²) in [5, 5.41) is 11.7. The van der Waals surface area contributed by atoms with Crippen molar-refractivity contribution in [3.63, 3.8) is 0 Å². The van der Waals surface area contributed by atoms with Gasteiger partial charge in [-0.1, -0.05) is 25.4 Å². The van der Waals surface area contributed by atoms with Crippen LogP contribution in [0.3, 0.4) is 0 Å². The maximum atomic E-state index is 13.0. The number of ether oxygens (including phenoxy) is 1. The van der Waals surface area contributed by atoms with Crippen LogP contribution in [0.4, 0.5) is 4.39 Å². The normalized spacial score (nSPS) is 12.3. The number of benzene rings is 1. The molecule has 4 nitrogen and oxygen atoms in total. The van der Waals surface area contributed by atoms with Crippen LogP contribution < -0.4 is 10.1 Å². The molecular formula is C14H19ClFNO3. The van der Waals surface area contributed by atoms with E-state index in [1.54, 1.807) is 0 Å². The second-order valence-electron chi connectivity index (χ2n) is 4.79. The van der Waals surface area contributed by atoms with Crippen molar-refractivity contribution in [2.45, 2.75) is 26.3 Å². The molecule has 0 radical (unpaired) electrons. The predicted octanol–water partition coefficient (Wildman–Crippen LogP) is 2.38. The van der Waals surface area contributed by atoms with Crippen LogP contribution in [0.25, 0.3) is 0 Å². The SMILES string of the molecule is CC(C)C(CCO)NC(=O)COc1ccc(F)c(Cl)c1. The van der Waals surface area contributed by atoms with Crippen LogP contribution in [0.2, 0.25) is 5.02 Å². The first-order valence-corrected chi connectivity index (χ1v) is 6.80. The highest BCUT2D eigenvalue weighted by atomic mass is 35.5. The number of aliphatic hydroxyl groups excluding tert-OH is 1. The molecule has 0 aliphatic heterocycles. The predicted molar refractivity (Wildman–Crippen MR) is 75.4 cm³/mol. The maximum Gasteiger partial charge on any atom is 0.258 e. The minimum absolute atomic E-state index is 0.0115. The molecule has 20 heavy (non-hydrogen) atoms. The van der Waals surface area contributed by atoms with Crippen molar-refractivity contribution < 1.29 is 19.0 Å². The highest BCUT2D eigenvalue weighted by Crippen LogP contribution is 2.20. The number of nitrogens with one attached hydrogen (secondary N) is 1. The number of rotatable bonds is 7. The summed E-state index contributed by atoms with van der Waals surface area (Å²) in [6, 6.07) is 3.80. The largest absolute Gasteiger partial charge is 0.484 e. The summed E-state index contributed by atoms with van der Waals surface area (Å²) in [5.41, 5.74) is 0. The summed E-state index contributed by atoms with van der Waals surface area (Å²) in [6.07, 6.45) is 0.492. The molecule has 1 rings (SSSR count). The lowest BCUT2D eigenvalue weighted by Crippen LogP contribution is -2.41. The molecule has 0 spiro atoms. The Kier molecular flexibility index (Phi) is 6.75. The zero-order valence-corrected chi connectivity index (χ0v) is 12.3. The van der Waals surface area contributed by atoms with Gasteiger partial charge in [-0.05, 0) is 24.5 Å². The van der Waals surface area contributed by atoms with Gasteiger partial charge in [-0.3, -0.25) is 4.79 Å². The Balaban J connectivity index is 2.48. The van der Waals surface area contributed by atoms with Gasteiger partial charge in [0.05, 0.1) is 5.02 Å². The molecule has 6 heteroatoms. The zero-order chi connectivity index (χ0) is 15.1. The van der Waals surface area contributed by atoms with Gasteiger partial charge in [-0.2, -0.15) is 0 Å². The Morgan fingerprint density at radius 2 is 2.20 bits per heavy atom. The van der Waals surface area contributed by atoms with Gasteiger partial charge in [-0.15, -0.1) is 0 Å². The van der Waals surface area contributed by atoms with Crippen LogP contribution in [-0.2, 0) is 4.79 Å². The van der Waals surface area contributed by atoms with Gasteiger partial charge in [0, 0.05) is 18.7 Å². The van der Waals surface area contributed by atoms with E-state index in [0.717, 1.165) is 0 Å². The first kappa shape index (κ1) is 16.7. The summed E-state index contributed by atoms with van der Waals surface area (Å²) in [4.78, 5) is 11.7. The molecule has 0 saturated heterocycles. The monoisotopic (exact) mass is 303 g/mol. The first-order chi connectivity index (χ1) is 9.43. The third kappa shape index (κ3) is 5.35. The van der Waals surface area contributed by atoms with Gasteiger partial charge < -0.3 is 15.2 Å². The van der Waals surface area contributed by atoms with Gasteiger partial charge >= 0.3 is 0 Å². The van der Waals surface area contributed by atoms with E-state index in [2.05, 4.69) is 5.32 Å². The van der Waals surface area contributed by atoms with Gasteiger partial charge in [0.15, 0.2) is 6.61 Å². The molecule has 1 unspecified atom stereocenters. The van der Waals surface area contributed by atoms with Crippen LogP contribution in [0, 0.1) is 11.7 Å². The second-order valence-corrected chi connectivity index (χ2v) is 5.20. The molecule has 1 aromatic carbocycles. The van der Waals surface area contributed by atoms with E-state index in [1.807, 2.05) is 13.8 Å². The Hall–Kier alpha value is -1.33. The summed E-state index contributed by atoms with van der Waals surface area (Å²) in [7, 11) is 0. The van der Waals surface area contributed by atoms with Crippen molar-refractivity contribution in [3.8, 4) is 5.75 Å². The van der Waals surface area contributed by atoms with Gasteiger partial charge in [0.2, 0.25) is 0 Å². The average Bonchev–Trinajstić information content (AvgIpc) is 2.39. The smallest absolute Gasteiger partial charge is 0.258 e. The fourth-order valence-corrected chi connectivity index (χ4v) is 1.85. The number of aliphatic hydroxyl groups is 1. The van der Waals surface area contributed by atoms with Crippen molar-refractivity contribution in [1.82, 2.24) is 5.32 Å². The van der Waals surface area contributed by atoms with E-state index >= 15 is 0 Å². The molecule has 0 aliphatic rings. The first-order valence-electron chi connectivity index (χ1n) is 6.42. The van der Waals surface area contributed by atoms with Crippen molar-refractivity contribution in [2.75, 3.05) is 13.2 Å². The third-order valence-electron chi connectivity index (χ3n) is 2.85. The minimum atomic E-state index is -0.536. The lowest BCUT2D eigenvalue weighted by molar-refractivity contribution is -0.124. The molecule has 0 aliphatic carbocycles. The standard InChI is InChI=1S/C14H19ClFNO3/c1-9(2)13(5-6-18)17-14(19)8-20-10-3-4-12(16)11(15)7-10/h3-4,7,9,13,18H,5-6,8H2,1-2H3,(H,17,19). The van der Waals surface area contributed by atoms with Crippen molar-refractivity contribution >= 4 is 17.5 Å². The fourth-order valence-electron chi connectivity index (χ4n) is 1.68. The van der Waals surface area contributed by atoms with Gasteiger partial charge in [0.25, 0.3) is 5.91 Å². The molecule has 112 valence electrons. The molecule has 0 fully saturated rings. The quantitative estimate of drug-likeness (QED) is 0.813. The fraction of sp³-hybridized carbons (Fsp3) is 0.500. The second kappa shape index (κ2) is 8.07. The summed E-state index contributed by atoms with van der Waals surface area (Å²) >= 11 is 5.61. The number of hydrogen-bond donors (Lipinski definition) is 2. The number of amides is 1. The molecule has 0 bridgehead atoms. The van der Waals surface area contributed by atoms with Crippen molar-refractivity contribution in [2.24, 2.45) is 5.92 Å². The zero-order valence-electron chi connectivity index (χ0n) is 11.5. The van der Waals surface area contributed by atoms with E-state index in [0.29, 0.717) is 12.2 Å². The molecule has 1 aromatic rings. The van der Waals surface area contributed by atoms with E-state index in [4.69, 9.17) is 21.4 Å². The van der Waals surface area contributed by atoms with Crippen molar-refractivity contribution in [3.05, 3.63) is 29.0 Å². The molecule has 2 N–H and O–H groups in total. The number of carbonyl (C=O) groups is 1. The average molecular weight is 304 g/mol. The molecule has 1 amide bonds. The van der Waals surface area contributed by atoms with Gasteiger partial charge in [0.1, 0.15) is 11.6 Å². The molecular weight excluding hydrogens is 285 g/mol. The van der Waals surface area contributed by atoms with E-state index in [-0.39, 0.29) is 36.1 Å². The Bertz CT molecular complexity index is 454. The van der Waals surface area contributed by atoms with Crippen LogP contribution in [0.15, 0.2) is 18.2 Å². The van der Waals surface area contributed by atoms with Gasteiger partial charge in [-0.25, -0.2) is 4.39 Å². The highest BCUT2D eigenvalue weighted by molar-refractivity contribution is 6.30. The van der Waals surface area contributed by atoms with E-state index in [1.165, 1.54) is 18.2 Å². The maximum absolute atomic E-state index is 13.0. The number of halogens is 2. The molecule has 1 atom stereocenters. The Morgan fingerprint density at radius 3 is 2.75 bits per heavy atom. The van der Waals surface area contributed by atoms with E-state index < -0.39 is 5.82 Å². The van der Waals surface area contributed by atoms with Crippen LogP contribution in [0.5, 0.6) is 5.75 Å². The highest BCUT2D eigenvalue weighted by Gasteiger charge is 2.15. The van der Waals surface area contributed by atoms with Crippen LogP contribution in [0.1, 0.15) is 20.3 Å².